The zero-order chi connectivity index (χ0) is 27.3. The lowest BCUT2D eigenvalue weighted by atomic mass is 9.42. The molecule has 0 bridgehead atoms. The van der Waals surface area contributed by atoms with Crippen molar-refractivity contribution >= 4 is 5.97 Å². The van der Waals surface area contributed by atoms with Crippen LogP contribution < -0.4 is 0 Å². The predicted molar refractivity (Wildman–Crippen MR) is 134 cm³/mol. The number of ether oxygens (including phenoxy) is 3. The van der Waals surface area contributed by atoms with Crippen molar-refractivity contribution in [1.29, 1.82) is 0 Å². The van der Waals surface area contributed by atoms with E-state index in [0.717, 1.165) is 37.7 Å². The summed E-state index contributed by atoms with van der Waals surface area (Å²) < 4.78 is 17.0. The van der Waals surface area contributed by atoms with Gasteiger partial charge < -0.3 is 39.7 Å². The second kappa shape index (κ2) is 8.96. The van der Waals surface area contributed by atoms with Gasteiger partial charge in [0.2, 0.25) is 0 Å². The summed E-state index contributed by atoms with van der Waals surface area (Å²) in [7, 11) is 0. The van der Waals surface area contributed by atoms with E-state index in [9.17, 15) is 30.3 Å². The van der Waals surface area contributed by atoms with Gasteiger partial charge in [0.1, 0.15) is 24.9 Å². The molecule has 0 aromatic rings. The van der Waals surface area contributed by atoms with Crippen LogP contribution in [0.3, 0.4) is 0 Å². The molecule has 9 nitrogen and oxygen atoms in total. The minimum absolute atomic E-state index is 0.0774. The molecular formula is C29H44O9. The van der Waals surface area contributed by atoms with E-state index < -0.39 is 41.9 Å². The van der Waals surface area contributed by atoms with Crippen molar-refractivity contribution in [3.05, 3.63) is 11.6 Å². The lowest BCUT2D eigenvalue weighted by Crippen LogP contribution is -2.67. The third kappa shape index (κ3) is 3.65. The van der Waals surface area contributed by atoms with Crippen molar-refractivity contribution in [2.24, 2.45) is 28.6 Å². The fourth-order valence-corrected chi connectivity index (χ4v) is 9.80. The maximum Gasteiger partial charge on any atom is 0.331 e. The van der Waals surface area contributed by atoms with E-state index in [1.165, 1.54) is 0 Å². The van der Waals surface area contributed by atoms with Gasteiger partial charge in [-0.2, -0.15) is 0 Å². The lowest BCUT2D eigenvalue weighted by molar-refractivity contribution is -0.319. The van der Waals surface area contributed by atoms with Crippen LogP contribution in [0.25, 0.3) is 0 Å². The second-order valence-electron chi connectivity index (χ2n) is 13.7. The smallest absolute Gasteiger partial charge is 0.331 e. The molecule has 214 valence electrons. The predicted octanol–water partition coefficient (Wildman–Crippen LogP) is 1.57. The topological polar surface area (TPSA) is 146 Å². The Kier molecular flexibility index (Phi) is 6.40. The van der Waals surface area contributed by atoms with Crippen molar-refractivity contribution in [3.8, 4) is 0 Å². The summed E-state index contributed by atoms with van der Waals surface area (Å²) in [6.07, 6.45) is 2.01. The Morgan fingerprint density at radius 2 is 1.61 bits per heavy atom. The Morgan fingerprint density at radius 1 is 0.895 bits per heavy atom. The van der Waals surface area contributed by atoms with Gasteiger partial charge in [-0.15, -0.1) is 0 Å². The standard InChI is InChI=1S/C29H44O9/c1-15-22(31)23(32)24(33)25(37-15)38-17-4-8-26(2)19-5-9-27(3)18(16-12-21(30)36-14-16)7-11-29(27,35)20(19)6-10-28(26,34)13-17/h12,15,17-20,22-25,31-35H,4-11,13-14H2,1-3H3/t15-,17+,18-,19+,20-,22+,23-,24-,25+,26-,27-,28+,29+/m1/s1. The fourth-order valence-electron chi connectivity index (χ4n) is 9.80. The van der Waals surface area contributed by atoms with E-state index in [1.54, 1.807) is 13.0 Å². The molecule has 0 amide bonds. The summed E-state index contributed by atoms with van der Waals surface area (Å²) in [5, 5.41) is 55.1. The fraction of sp³-hybridized carbons (Fsp3) is 0.897. The number of fused-ring (bicyclic) bond motifs is 5. The summed E-state index contributed by atoms with van der Waals surface area (Å²) in [4.78, 5) is 11.8. The Bertz CT molecular complexity index is 1000. The number of carbonyl (C=O) groups excluding carboxylic acids is 1. The summed E-state index contributed by atoms with van der Waals surface area (Å²) in [5.74, 6) is 0.0978. The first kappa shape index (κ1) is 27.1. The zero-order valence-electron chi connectivity index (χ0n) is 22.7. The molecule has 2 aliphatic heterocycles. The highest BCUT2D eigenvalue weighted by molar-refractivity contribution is 5.85. The van der Waals surface area contributed by atoms with Crippen LogP contribution in [0.15, 0.2) is 11.6 Å². The van der Waals surface area contributed by atoms with Crippen LogP contribution in [0, 0.1) is 28.6 Å². The Morgan fingerprint density at radius 3 is 2.32 bits per heavy atom. The molecule has 5 fully saturated rings. The van der Waals surface area contributed by atoms with Gasteiger partial charge in [0, 0.05) is 17.9 Å². The van der Waals surface area contributed by atoms with E-state index >= 15 is 0 Å². The van der Waals surface area contributed by atoms with Gasteiger partial charge in [0.25, 0.3) is 0 Å². The number of hydrogen-bond donors (Lipinski definition) is 5. The molecule has 0 aromatic heterocycles. The lowest BCUT2D eigenvalue weighted by Gasteiger charge is -2.66. The van der Waals surface area contributed by atoms with Crippen LogP contribution in [0.2, 0.25) is 0 Å². The van der Waals surface area contributed by atoms with Gasteiger partial charge in [-0.3, -0.25) is 0 Å². The Hall–Kier alpha value is -1.07. The maximum absolute atomic E-state index is 12.4. The van der Waals surface area contributed by atoms with Gasteiger partial charge in [0.15, 0.2) is 6.29 Å². The number of rotatable bonds is 3. The highest BCUT2D eigenvalue weighted by Crippen LogP contribution is 2.70. The van der Waals surface area contributed by atoms with Crippen LogP contribution in [-0.2, 0) is 19.0 Å². The van der Waals surface area contributed by atoms with Crippen LogP contribution >= 0.6 is 0 Å². The molecule has 9 heteroatoms. The van der Waals surface area contributed by atoms with Crippen LogP contribution in [0.4, 0.5) is 0 Å². The summed E-state index contributed by atoms with van der Waals surface area (Å²) in [6.45, 7) is 6.33. The molecule has 1 saturated heterocycles. The molecule has 6 rings (SSSR count). The molecular weight excluding hydrogens is 492 g/mol. The molecule has 0 radical (unpaired) electrons. The molecule has 0 unspecified atom stereocenters. The van der Waals surface area contributed by atoms with Gasteiger partial charge in [-0.1, -0.05) is 13.8 Å². The number of cyclic esters (lactones) is 1. The molecule has 2 heterocycles. The maximum atomic E-state index is 12.4. The molecule has 38 heavy (non-hydrogen) atoms. The number of aliphatic hydroxyl groups excluding tert-OH is 3. The van der Waals surface area contributed by atoms with Crippen molar-refractivity contribution in [2.75, 3.05) is 6.61 Å². The molecule has 6 aliphatic rings. The average Bonchev–Trinajstić information content (AvgIpc) is 3.41. The average molecular weight is 537 g/mol. The summed E-state index contributed by atoms with van der Waals surface area (Å²) in [6, 6.07) is 0. The summed E-state index contributed by atoms with van der Waals surface area (Å²) in [5.41, 5.74) is -1.51. The van der Waals surface area contributed by atoms with Gasteiger partial charge >= 0.3 is 5.97 Å². The first-order chi connectivity index (χ1) is 17.8. The third-order valence-corrected chi connectivity index (χ3v) is 12.2. The number of carbonyl (C=O) groups is 1. The van der Waals surface area contributed by atoms with Gasteiger partial charge in [-0.05, 0) is 87.0 Å². The van der Waals surface area contributed by atoms with Crippen LogP contribution in [0.5, 0.6) is 0 Å². The minimum atomic E-state index is -1.36. The van der Waals surface area contributed by atoms with Crippen molar-refractivity contribution in [2.45, 2.75) is 127 Å². The highest BCUT2D eigenvalue weighted by Gasteiger charge is 2.70. The third-order valence-electron chi connectivity index (χ3n) is 12.2. The van der Waals surface area contributed by atoms with E-state index in [-0.39, 0.29) is 40.7 Å². The quantitative estimate of drug-likeness (QED) is 0.268. The second-order valence-corrected chi connectivity index (χ2v) is 13.7. The summed E-state index contributed by atoms with van der Waals surface area (Å²) >= 11 is 0. The number of hydrogen-bond acceptors (Lipinski definition) is 9. The normalized spacial score (nSPS) is 56.5. The monoisotopic (exact) mass is 536 g/mol. The largest absolute Gasteiger partial charge is 0.458 e. The van der Waals surface area contributed by atoms with Crippen LogP contribution in [-0.4, -0.2) is 86.1 Å². The molecule has 0 spiro atoms. The Balaban J connectivity index is 1.19. The van der Waals surface area contributed by atoms with Gasteiger partial charge in [0.05, 0.1) is 23.4 Å². The Labute approximate surface area is 224 Å². The highest BCUT2D eigenvalue weighted by atomic mass is 16.7. The first-order valence-electron chi connectivity index (χ1n) is 14.5. The minimum Gasteiger partial charge on any atom is -0.458 e. The molecule has 4 saturated carbocycles. The zero-order valence-corrected chi connectivity index (χ0v) is 22.7. The van der Waals surface area contributed by atoms with Crippen molar-refractivity contribution < 1.29 is 44.5 Å². The van der Waals surface area contributed by atoms with Crippen molar-refractivity contribution in [1.82, 2.24) is 0 Å². The van der Waals surface area contributed by atoms with E-state index in [4.69, 9.17) is 14.2 Å². The van der Waals surface area contributed by atoms with Crippen molar-refractivity contribution in [3.63, 3.8) is 0 Å². The van der Waals surface area contributed by atoms with Crippen LogP contribution in [0.1, 0.15) is 78.6 Å². The number of esters is 1. The van der Waals surface area contributed by atoms with E-state index in [2.05, 4.69) is 13.8 Å². The number of aliphatic hydroxyl groups is 5. The van der Waals surface area contributed by atoms with E-state index in [0.29, 0.717) is 32.3 Å². The van der Waals surface area contributed by atoms with Gasteiger partial charge in [-0.25, -0.2) is 4.79 Å². The first-order valence-corrected chi connectivity index (χ1v) is 14.5. The SMILES string of the molecule is C[C@H]1O[C@@H](O[C@H]2CC[C@]3(C)[C@H]4CC[C@]5(C)[C@@H](C6=CC(=O)OC6)CC[C@]5(O)[C@@H]4CC[C@]3(O)C2)[C@H](O)[C@H](O)[C@H]1O. The van der Waals surface area contributed by atoms with E-state index in [1.807, 2.05) is 0 Å². The molecule has 0 aromatic carbocycles. The molecule has 4 aliphatic carbocycles. The molecule has 13 atom stereocenters. The molecule has 5 N–H and O–H groups in total.